The van der Waals surface area contributed by atoms with Gasteiger partial charge in [-0.3, -0.25) is 4.79 Å². The zero-order valence-corrected chi connectivity index (χ0v) is 18.8. The predicted molar refractivity (Wildman–Crippen MR) is 121 cm³/mol. The summed E-state index contributed by atoms with van der Waals surface area (Å²) in [6, 6.07) is 16.5. The third-order valence-corrected chi connectivity index (χ3v) is 5.95. The van der Waals surface area contributed by atoms with Crippen LogP contribution in [-0.4, -0.2) is 35.1 Å². The Labute approximate surface area is 188 Å². The van der Waals surface area contributed by atoms with E-state index < -0.39 is 0 Å². The Morgan fingerprint density at radius 1 is 1.16 bits per heavy atom. The molecule has 0 spiro atoms. The number of hydrogen-bond donors (Lipinski definition) is 0. The van der Waals surface area contributed by atoms with Gasteiger partial charge in [-0.05, 0) is 55.2 Å². The minimum atomic E-state index is -0.273. The van der Waals surface area contributed by atoms with E-state index in [9.17, 15) is 9.18 Å². The molecule has 0 radical (unpaired) electrons. The zero-order chi connectivity index (χ0) is 22.7. The molecule has 1 aliphatic rings. The number of cyclic esters (lactones) is 1. The average molecular weight is 437 g/mol. The van der Waals surface area contributed by atoms with Gasteiger partial charge in [0.15, 0.2) is 0 Å². The van der Waals surface area contributed by atoms with E-state index in [2.05, 4.69) is 13.8 Å². The molecule has 0 N–H and O–H groups in total. The highest BCUT2D eigenvalue weighted by atomic mass is 19.1. The molecule has 0 aliphatic carbocycles. The van der Waals surface area contributed by atoms with E-state index >= 15 is 0 Å². The van der Waals surface area contributed by atoms with E-state index in [1.165, 1.54) is 12.1 Å². The monoisotopic (exact) mass is 436 g/mol. The molecule has 3 aromatic rings. The van der Waals surface area contributed by atoms with Crippen LogP contribution in [0.4, 0.5) is 4.39 Å². The van der Waals surface area contributed by atoms with Gasteiger partial charge in [0.05, 0.1) is 29.6 Å². The maximum absolute atomic E-state index is 13.7. The highest BCUT2D eigenvalue weighted by Crippen LogP contribution is 2.34. The highest BCUT2D eigenvalue weighted by Gasteiger charge is 2.30. The van der Waals surface area contributed by atoms with Crippen LogP contribution < -0.4 is 0 Å². The Morgan fingerprint density at radius 2 is 1.88 bits per heavy atom. The number of aromatic nitrogens is 2. The number of carbonyl (C=O) groups excluding carboxylic acids is 1. The molecule has 2 heterocycles. The third kappa shape index (κ3) is 4.75. The van der Waals surface area contributed by atoms with Crippen LogP contribution in [0.5, 0.6) is 0 Å². The Kier molecular flexibility index (Phi) is 6.70. The maximum Gasteiger partial charge on any atom is 0.308 e. The summed E-state index contributed by atoms with van der Waals surface area (Å²) in [6.45, 7) is 4.24. The normalized spacial score (nSPS) is 18.7. The van der Waals surface area contributed by atoms with Gasteiger partial charge in [-0.2, -0.15) is 5.10 Å². The number of para-hydroxylation sites is 1. The molecular formula is C26H29FN2O3. The van der Waals surface area contributed by atoms with Crippen LogP contribution in [-0.2, 0) is 20.7 Å². The summed E-state index contributed by atoms with van der Waals surface area (Å²) in [6.07, 6.45) is 2.08. The number of carbonyl (C=O) groups is 1. The van der Waals surface area contributed by atoms with Gasteiger partial charge >= 0.3 is 5.97 Å². The number of esters is 1. The second-order valence-corrected chi connectivity index (χ2v) is 8.57. The first-order chi connectivity index (χ1) is 15.5. The van der Waals surface area contributed by atoms with Crippen LogP contribution in [0.2, 0.25) is 0 Å². The summed E-state index contributed by atoms with van der Waals surface area (Å²) >= 11 is 0. The van der Waals surface area contributed by atoms with E-state index in [0.29, 0.717) is 25.7 Å². The fraction of sp³-hybridized carbons (Fsp3) is 0.385. The number of ether oxygens (including phenoxy) is 2. The fourth-order valence-corrected chi connectivity index (χ4v) is 4.34. The van der Waals surface area contributed by atoms with Crippen molar-refractivity contribution in [3.8, 4) is 16.9 Å². The average Bonchev–Trinajstić information content (AvgIpc) is 3.18. The third-order valence-electron chi connectivity index (χ3n) is 5.95. The molecule has 4 rings (SSSR count). The molecule has 32 heavy (non-hydrogen) atoms. The summed E-state index contributed by atoms with van der Waals surface area (Å²) in [5.41, 5.74) is 4.90. The van der Waals surface area contributed by atoms with Crippen LogP contribution in [0, 0.1) is 5.82 Å². The van der Waals surface area contributed by atoms with Gasteiger partial charge in [0.1, 0.15) is 11.9 Å². The van der Waals surface area contributed by atoms with Crippen LogP contribution in [0.3, 0.4) is 0 Å². The molecule has 1 aromatic heterocycles. The van der Waals surface area contributed by atoms with Crippen molar-refractivity contribution in [3.63, 3.8) is 0 Å². The van der Waals surface area contributed by atoms with Gasteiger partial charge in [-0.15, -0.1) is 0 Å². The molecule has 168 valence electrons. The fourth-order valence-electron chi connectivity index (χ4n) is 4.34. The molecule has 1 fully saturated rings. The lowest BCUT2D eigenvalue weighted by molar-refractivity contribution is -0.161. The van der Waals surface area contributed by atoms with Crippen molar-refractivity contribution in [2.45, 2.75) is 57.7 Å². The quantitative estimate of drug-likeness (QED) is 0.462. The molecule has 0 amide bonds. The van der Waals surface area contributed by atoms with Gasteiger partial charge in [0.2, 0.25) is 0 Å². The van der Waals surface area contributed by atoms with Gasteiger partial charge in [0.25, 0.3) is 0 Å². The zero-order valence-electron chi connectivity index (χ0n) is 18.8. The van der Waals surface area contributed by atoms with Crippen molar-refractivity contribution in [1.29, 1.82) is 0 Å². The lowest BCUT2D eigenvalue weighted by Gasteiger charge is -2.28. The molecule has 0 bridgehead atoms. The molecule has 6 heteroatoms. The molecule has 1 saturated heterocycles. The van der Waals surface area contributed by atoms with E-state index in [-0.39, 0.29) is 29.9 Å². The van der Waals surface area contributed by atoms with E-state index in [4.69, 9.17) is 14.6 Å². The van der Waals surface area contributed by atoms with E-state index in [0.717, 1.165) is 28.2 Å². The van der Waals surface area contributed by atoms with Gasteiger partial charge in [-0.25, -0.2) is 9.07 Å². The number of benzene rings is 2. The molecular weight excluding hydrogens is 407 g/mol. The molecule has 0 saturated carbocycles. The lowest BCUT2D eigenvalue weighted by Crippen LogP contribution is -2.34. The van der Waals surface area contributed by atoms with Crippen LogP contribution in [0.1, 0.15) is 50.3 Å². The molecule has 0 unspecified atom stereocenters. The van der Waals surface area contributed by atoms with Crippen molar-refractivity contribution in [1.82, 2.24) is 9.78 Å². The molecule has 5 nitrogen and oxygen atoms in total. The molecule has 2 aromatic carbocycles. The summed E-state index contributed by atoms with van der Waals surface area (Å²) in [7, 11) is 1.63. The van der Waals surface area contributed by atoms with Gasteiger partial charge < -0.3 is 9.47 Å². The summed E-state index contributed by atoms with van der Waals surface area (Å²) in [5.74, 6) is -0.282. The second-order valence-electron chi connectivity index (χ2n) is 8.57. The number of hydrogen-bond acceptors (Lipinski definition) is 4. The molecule has 2 atom stereocenters. The Hall–Kier alpha value is -2.99. The SMILES string of the molecule is CO[C@@H]1CC(=O)O[C@@H](CCc2c(C(C)C)nn(-c3ccccc3)c2-c2ccc(F)cc2)C1. The number of nitrogens with zero attached hydrogens (tertiary/aromatic N) is 2. The van der Waals surface area contributed by atoms with Crippen LogP contribution in [0.25, 0.3) is 16.9 Å². The van der Waals surface area contributed by atoms with Crippen LogP contribution in [0.15, 0.2) is 54.6 Å². The van der Waals surface area contributed by atoms with E-state index in [1.54, 1.807) is 19.2 Å². The minimum Gasteiger partial charge on any atom is -0.462 e. The smallest absolute Gasteiger partial charge is 0.308 e. The predicted octanol–water partition coefficient (Wildman–Crippen LogP) is 5.46. The lowest BCUT2D eigenvalue weighted by atomic mass is 9.93. The first-order valence-electron chi connectivity index (χ1n) is 11.1. The summed E-state index contributed by atoms with van der Waals surface area (Å²) in [4.78, 5) is 12.0. The number of methoxy groups -OCH3 is 1. The summed E-state index contributed by atoms with van der Waals surface area (Å²) < 4.78 is 26.6. The highest BCUT2D eigenvalue weighted by molar-refractivity contribution is 5.71. The van der Waals surface area contributed by atoms with Gasteiger partial charge in [0, 0.05) is 24.7 Å². The van der Waals surface area contributed by atoms with Crippen molar-refractivity contribution in [3.05, 3.63) is 71.7 Å². The Balaban J connectivity index is 1.75. The van der Waals surface area contributed by atoms with Gasteiger partial charge in [-0.1, -0.05) is 32.0 Å². The molecule has 1 aliphatic heterocycles. The Morgan fingerprint density at radius 3 is 2.53 bits per heavy atom. The van der Waals surface area contributed by atoms with Crippen molar-refractivity contribution in [2.24, 2.45) is 0 Å². The second kappa shape index (κ2) is 9.65. The minimum absolute atomic E-state index is 0.102. The first-order valence-corrected chi connectivity index (χ1v) is 11.1. The topological polar surface area (TPSA) is 53.4 Å². The van der Waals surface area contributed by atoms with Crippen molar-refractivity contribution < 1.29 is 18.7 Å². The maximum atomic E-state index is 13.7. The largest absolute Gasteiger partial charge is 0.462 e. The van der Waals surface area contributed by atoms with Crippen LogP contribution >= 0.6 is 0 Å². The van der Waals surface area contributed by atoms with Crippen molar-refractivity contribution >= 4 is 5.97 Å². The Bertz CT molecular complexity index is 1060. The van der Waals surface area contributed by atoms with E-state index in [1.807, 2.05) is 35.0 Å². The van der Waals surface area contributed by atoms with Crippen molar-refractivity contribution in [2.75, 3.05) is 7.11 Å². The number of halogens is 1. The first kappa shape index (κ1) is 22.2. The summed E-state index contributed by atoms with van der Waals surface area (Å²) in [5, 5.41) is 4.98. The number of rotatable bonds is 7. The standard InChI is InChI=1S/C26H29FN2O3/c1-17(2)25-23(14-13-21-15-22(31-3)16-24(30)32-21)26(18-9-11-19(27)12-10-18)29(28-25)20-7-5-4-6-8-20/h4-12,17,21-22H,13-16H2,1-3H3/t21-,22-/m0/s1.